The first-order chi connectivity index (χ1) is 23.2. The number of aromatic nitrogens is 2. The Morgan fingerprint density at radius 1 is 0.755 bits per heavy atom. The monoisotopic (exact) mass is 821 g/mol. The Labute approximate surface area is 303 Å². The van der Waals surface area contributed by atoms with Crippen molar-refractivity contribution in [1.29, 1.82) is 0 Å². The summed E-state index contributed by atoms with van der Waals surface area (Å²) in [4.78, 5) is 12.5. The summed E-state index contributed by atoms with van der Waals surface area (Å²) in [5.41, 5.74) is 15.9. The zero-order valence-electron chi connectivity index (χ0n) is 28.7. The van der Waals surface area contributed by atoms with Crippen LogP contribution in [0.2, 0.25) is 0 Å². The van der Waals surface area contributed by atoms with E-state index in [0.29, 0.717) is 0 Å². The SMILES string of the molecule is CC(=O)/C=C(/C)O.Cc1cccc(C)c1B1c2ccccc2N(c2c(C)cccc2C)c2cc(-c3ccnn3-c3[c-]cccc3)ccc21.[Ir]. The summed E-state index contributed by atoms with van der Waals surface area (Å²) >= 11 is 0. The van der Waals surface area contributed by atoms with Crippen LogP contribution in [0.1, 0.15) is 36.1 Å². The molecule has 5 aromatic carbocycles. The summed E-state index contributed by atoms with van der Waals surface area (Å²) in [6.07, 6.45) is 3.04. The molecule has 0 spiro atoms. The normalized spacial score (nSPS) is 11.9. The molecule has 1 aromatic heterocycles. The number of ketones is 1. The molecule has 2 heterocycles. The number of hydrogen-bond donors (Lipinski definition) is 1. The maximum absolute atomic E-state index is 10.0. The molecule has 0 saturated carbocycles. The number of rotatable bonds is 5. The number of aliphatic hydroxyl groups is 1. The zero-order chi connectivity index (χ0) is 33.9. The van der Waals surface area contributed by atoms with Gasteiger partial charge in [-0.1, -0.05) is 83.3 Å². The zero-order valence-corrected chi connectivity index (χ0v) is 31.0. The fraction of sp³-hybridized carbons (Fsp3) is 0.143. The van der Waals surface area contributed by atoms with Crippen molar-refractivity contribution < 1.29 is 30.0 Å². The number of para-hydroxylation sites is 3. The second kappa shape index (κ2) is 15.1. The molecule has 1 N–H and O–H groups in total. The molecule has 247 valence electrons. The number of anilines is 3. The van der Waals surface area contributed by atoms with E-state index in [1.165, 1.54) is 75.6 Å². The molecule has 1 radical (unpaired) electrons. The molecule has 1 aliphatic rings. The van der Waals surface area contributed by atoms with Gasteiger partial charge in [0.15, 0.2) is 5.78 Å². The van der Waals surface area contributed by atoms with Gasteiger partial charge in [0, 0.05) is 49.3 Å². The van der Waals surface area contributed by atoms with Crippen molar-refractivity contribution in [2.45, 2.75) is 41.5 Å². The number of carbonyl (C=O) groups excluding carboxylic acids is 1. The van der Waals surface area contributed by atoms with E-state index in [1.807, 2.05) is 35.1 Å². The van der Waals surface area contributed by atoms with Gasteiger partial charge in [0.25, 0.3) is 0 Å². The van der Waals surface area contributed by atoms with Crippen LogP contribution in [0.15, 0.2) is 127 Å². The van der Waals surface area contributed by atoms with E-state index in [-0.39, 0.29) is 38.4 Å². The Morgan fingerprint density at radius 3 is 2.00 bits per heavy atom. The number of fused-ring (bicyclic) bond motifs is 2. The molecule has 7 heteroatoms. The van der Waals surface area contributed by atoms with E-state index in [0.717, 1.165) is 16.9 Å². The van der Waals surface area contributed by atoms with Crippen molar-refractivity contribution in [3.63, 3.8) is 0 Å². The van der Waals surface area contributed by atoms with Gasteiger partial charge in [-0.2, -0.15) is 29.4 Å². The summed E-state index contributed by atoms with van der Waals surface area (Å²) in [6.45, 7) is 11.9. The van der Waals surface area contributed by atoms with Crippen LogP contribution in [-0.4, -0.2) is 27.4 Å². The topological polar surface area (TPSA) is 58.4 Å². The van der Waals surface area contributed by atoms with Crippen LogP contribution >= 0.6 is 0 Å². The van der Waals surface area contributed by atoms with E-state index in [2.05, 4.69) is 129 Å². The first-order valence-corrected chi connectivity index (χ1v) is 16.2. The standard InChI is InChI=1S/C37H31BN3.C5H8O2.Ir/c1-25-12-10-13-26(2)36(25)38-31-18-8-9-19-34(31)40(37-27(3)14-11-15-28(37)4)35-24-29(20-21-32(35)38)33-22-23-39-41(33)30-16-6-5-7-17-30;1-4(6)3-5(2)7;/h5-16,18-24H,1-4H3;3,6H,1-2H3;/q-1;;/b;4-3-;. The first-order valence-electron chi connectivity index (χ1n) is 16.2. The molecule has 1 aliphatic heterocycles. The van der Waals surface area contributed by atoms with Crippen LogP contribution in [0.25, 0.3) is 16.9 Å². The van der Waals surface area contributed by atoms with Crippen molar-refractivity contribution in [3.8, 4) is 16.9 Å². The predicted molar refractivity (Wildman–Crippen MR) is 200 cm³/mol. The van der Waals surface area contributed by atoms with Crippen molar-refractivity contribution in [3.05, 3.63) is 156 Å². The fourth-order valence-electron chi connectivity index (χ4n) is 6.89. The second-order valence-corrected chi connectivity index (χ2v) is 12.4. The van der Waals surface area contributed by atoms with Crippen LogP contribution < -0.4 is 21.3 Å². The third-order valence-electron chi connectivity index (χ3n) is 8.84. The second-order valence-electron chi connectivity index (χ2n) is 12.4. The van der Waals surface area contributed by atoms with Crippen molar-refractivity contribution >= 4 is 45.9 Å². The smallest absolute Gasteiger partial charge is 0.247 e. The van der Waals surface area contributed by atoms with Gasteiger partial charge < -0.3 is 10.0 Å². The average molecular weight is 821 g/mol. The predicted octanol–water partition coefficient (Wildman–Crippen LogP) is 7.91. The molecule has 5 nitrogen and oxygen atoms in total. The molecule has 0 amide bonds. The first kappa shape index (κ1) is 35.3. The fourth-order valence-corrected chi connectivity index (χ4v) is 6.89. The Kier molecular flexibility index (Phi) is 10.9. The van der Waals surface area contributed by atoms with E-state index in [9.17, 15) is 4.79 Å². The van der Waals surface area contributed by atoms with Crippen LogP contribution in [0.5, 0.6) is 0 Å². The molecule has 0 aliphatic carbocycles. The Balaban J connectivity index is 0.000000532. The summed E-state index contributed by atoms with van der Waals surface area (Å²) in [5.74, 6) is -0.0625. The minimum Gasteiger partial charge on any atom is -0.512 e. The minimum atomic E-state index is -0.125. The van der Waals surface area contributed by atoms with Crippen LogP contribution in [-0.2, 0) is 24.9 Å². The number of allylic oxidation sites excluding steroid dienone is 2. The largest absolute Gasteiger partial charge is 0.512 e. The molecule has 7 rings (SSSR count). The number of hydrogen-bond acceptors (Lipinski definition) is 4. The van der Waals surface area contributed by atoms with Gasteiger partial charge in [0.2, 0.25) is 6.71 Å². The third kappa shape index (κ3) is 7.10. The van der Waals surface area contributed by atoms with E-state index in [1.54, 1.807) is 0 Å². The van der Waals surface area contributed by atoms with Crippen LogP contribution in [0.4, 0.5) is 17.1 Å². The quantitative estimate of drug-likeness (QED) is 0.0831. The summed E-state index contributed by atoms with van der Waals surface area (Å²) in [6, 6.07) is 42.5. The summed E-state index contributed by atoms with van der Waals surface area (Å²) in [5, 5.41) is 13.0. The molecule has 0 bridgehead atoms. The molecule has 6 aromatic rings. The minimum absolute atomic E-state index is 0. The van der Waals surface area contributed by atoms with E-state index < -0.39 is 0 Å². The maximum Gasteiger partial charge on any atom is 0.247 e. The molecular formula is C42H39BIrN3O2-. The van der Waals surface area contributed by atoms with Gasteiger partial charge >= 0.3 is 0 Å². The molecule has 0 saturated heterocycles. The summed E-state index contributed by atoms with van der Waals surface area (Å²) < 4.78 is 1.98. The number of nitrogens with zero attached hydrogens (tertiary/aromatic N) is 3. The number of aryl methyl sites for hydroxylation is 4. The van der Waals surface area contributed by atoms with Crippen molar-refractivity contribution in [1.82, 2.24) is 9.78 Å². The van der Waals surface area contributed by atoms with E-state index in [4.69, 9.17) is 5.11 Å². The number of benzene rings is 5. The van der Waals surface area contributed by atoms with Gasteiger partial charge in [-0.15, -0.1) is 6.07 Å². The van der Waals surface area contributed by atoms with Gasteiger partial charge in [-0.25, -0.2) is 0 Å². The van der Waals surface area contributed by atoms with Gasteiger partial charge in [0.1, 0.15) is 0 Å². The molecule has 49 heavy (non-hydrogen) atoms. The van der Waals surface area contributed by atoms with Gasteiger partial charge in [-0.05, 0) is 87.5 Å². The van der Waals surface area contributed by atoms with E-state index >= 15 is 0 Å². The molecule has 0 fully saturated rings. The third-order valence-corrected chi connectivity index (χ3v) is 8.84. The van der Waals surface area contributed by atoms with Crippen LogP contribution in [0, 0.1) is 33.8 Å². The average Bonchev–Trinajstić information content (AvgIpc) is 3.55. The van der Waals surface area contributed by atoms with Crippen molar-refractivity contribution in [2.75, 3.05) is 4.90 Å². The molecule has 0 unspecified atom stereocenters. The maximum atomic E-state index is 10.0. The number of aliphatic hydroxyl groups excluding tert-OH is 1. The Morgan fingerprint density at radius 2 is 1.39 bits per heavy atom. The molecule has 0 atom stereocenters. The number of carbonyl (C=O) groups is 1. The van der Waals surface area contributed by atoms with Gasteiger partial charge in [0.05, 0.1) is 17.1 Å². The Hall–Kier alpha value is -4.97. The molecular weight excluding hydrogens is 782 g/mol. The summed E-state index contributed by atoms with van der Waals surface area (Å²) in [7, 11) is 0. The van der Waals surface area contributed by atoms with Crippen LogP contribution in [0.3, 0.4) is 0 Å². The Bertz CT molecular complexity index is 2110. The van der Waals surface area contributed by atoms with Crippen molar-refractivity contribution in [2.24, 2.45) is 0 Å². The van der Waals surface area contributed by atoms with Gasteiger partial charge in [-0.3, -0.25) is 9.48 Å².